The van der Waals surface area contributed by atoms with E-state index < -0.39 is 0 Å². The standard InChI is InChI=1S/C13H16BrNO2/c1-17-13-4-9(14)2-8-3-10(5-12(8)13)15-6-11(16)7-15/h2,4,10-11,16H,3,5-7H2,1H3/t10-/m0/s1. The highest BCUT2D eigenvalue weighted by Crippen LogP contribution is 2.36. The summed E-state index contributed by atoms with van der Waals surface area (Å²) < 4.78 is 6.52. The Balaban J connectivity index is 1.82. The number of likely N-dealkylation sites (tertiary alicyclic amines) is 1. The monoisotopic (exact) mass is 297 g/mol. The van der Waals surface area contributed by atoms with Gasteiger partial charge < -0.3 is 9.84 Å². The molecule has 1 aromatic carbocycles. The van der Waals surface area contributed by atoms with Gasteiger partial charge in [-0.1, -0.05) is 15.9 Å². The predicted molar refractivity (Wildman–Crippen MR) is 69.5 cm³/mol. The van der Waals surface area contributed by atoms with E-state index in [2.05, 4.69) is 26.9 Å². The molecule has 1 aliphatic carbocycles. The van der Waals surface area contributed by atoms with Gasteiger partial charge in [-0.2, -0.15) is 0 Å². The summed E-state index contributed by atoms with van der Waals surface area (Å²) in [5.41, 5.74) is 2.71. The van der Waals surface area contributed by atoms with E-state index in [9.17, 15) is 5.11 Å². The van der Waals surface area contributed by atoms with Crippen LogP contribution in [0.3, 0.4) is 0 Å². The lowest BCUT2D eigenvalue weighted by Gasteiger charge is -2.40. The zero-order valence-electron chi connectivity index (χ0n) is 9.82. The van der Waals surface area contributed by atoms with Gasteiger partial charge in [-0.25, -0.2) is 0 Å². The third-order valence-corrected chi connectivity index (χ3v) is 4.25. The van der Waals surface area contributed by atoms with Crippen molar-refractivity contribution in [3.05, 3.63) is 27.7 Å². The molecule has 0 spiro atoms. The maximum Gasteiger partial charge on any atom is 0.123 e. The van der Waals surface area contributed by atoms with E-state index in [1.165, 1.54) is 11.1 Å². The van der Waals surface area contributed by atoms with E-state index in [4.69, 9.17) is 4.74 Å². The van der Waals surface area contributed by atoms with Crippen LogP contribution in [0.25, 0.3) is 0 Å². The van der Waals surface area contributed by atoms with Crippen molar-refractivity contribution in [1.29, 1.82) is 0 Å². The molecule has 0 amide bonds. The van der Waals surface area contributed by atoms with Gasteiger partial charge in [-0.05, 0) is 36.1 Å². The van der Waals surface area contributed by atoms with Gasteiger partial charge in [-0.3, -0.25) is 4.90 Å². The van der Waals surface area contributed by atoms with Crippen molar-refractivity contribution in [2.45, 2.75) is 25.0 Å². The van der Waals surface area contributed by atoms with Crippen LogP contribution < -0.4 is 4.74 Å². The zero-order chi connectivity index (χ0) is 12.0. The minimum Gasteiger partial charge on any atom is -0.496 e. The predicted octanol–water partition coefficient (Wildman–Crippen LogP) is 1.60. The normalized spacial score (nSPS) is 24.5. The molecule has 1 atom stereocenters. The molecule has 1 N–H and O–H groups in total. The van der Waals surface area contributed by atoms with Crippen LogP contribution >= 0.6 is 15.9 Å². The van der Waals surface area contributed by atoms with Gasteiger partial charge in [0.1, 0.15) is 5.75 Å². The highest BCUT2D eigenvalue weighted by atomic mass is 79.9. The largest absolute Gasteiger partial charge is 0.496 e. The van der Waals surface area contributed by atoms with E-state index in [-0.39, 0.29) is 6.10 Å². The van der Waals surface area contributed by atoms with Crippen LogP contribution in [0.2, 0.25) is 0 Å². The fourth-order valence-corrected chi connectivity index (χ4v) is 3.35. The molecule has 0 unspecified atom stereocenters. The summed E-state index contributed by atoms with van der Waals surface area (Å²) in [5.74, 6) is 0.984. The summed E-state index contributed by atoms with van der Waals surface area (Å²) in [6.45, 7) is 1.64. The summed E-state index contributed by atoms with van der Waals surface area (Å²) in [6, 6.07) is 4.76. The Morgan fingerprint density at radius 1 is 1.35 bits per heavy atom. The number of halogens is 1. The SMILES string of the molecule is COc1cc(Br)cc2c1C[C@@H](N1CC(O)C1)C2. The Labute approximate surface area is 110 Å². The lowest BCUT2D eigenvalue weighted by atomic mass is 10.1. The molecule has 1 aromatic rings. The van der Waals surface area contributed by atoms with Crippen LogP contribution in [0.4, 0.5) is 0 Å². The summed E-state index contributed by atoms with van der Waals surface area (Å²) in [7, 11) is 1.72. The number of β-amino-alcohol motifs (C(OH)–C–C–N with tert-alkyl or cyclic N) is 1. The Morgan fingerprint density at radius 2 is 2.12 bits per heavy atom. The second-order valence-corrected chi connectivity index (χ2v) is 5.83. The smallest absolute Gasteiger partial charge is 0.123 e. The Hall–Kier alpha value is -0.580. The van der Waals surface area contributed by atoms with Crippen molar-refractivity contribution < 1.29 is 9.84 Å². The second-order valence-electron chi connectivity index (χ2n) is 4.92. The summed E-state index contributed by atoms with van der Waals surface area (Å²) in [5, 5.41) is 9.37. The summed E-state index contributed by atoms with van der Waals surface area (Å²) in [4.78, 5) is 2.36. The molecule has 3 rings (SSSR count). The van der Waals surface area contributed by atoms with Gasteiger partial charge >= 0.3 is 0 Å². The van der Waals surface area contributed by atoms with Crippen molar-refractivity contribution in [3.8, 4) is 5.75 Å². The molecule has 0 saturated carbocycles. The van der Waals surface area contributed by atoms with Crippen molar-refractivity contribution in [2.75, 3.05) is 20.2 Å². The first kappa shape index (κ1) is 11.5. The van der Waals surface area contributed by atoms with Crippen molar-refractivity contribution in [1.82, 2.24) is 4.90 Å². The van der Waals surface area contributed by atoms with Gasteiger partial charge in [-0.15, -0.1) is 0 Å². The van der Waals surface area contributed by atoms with Crippen LogP contribution in [-0.4, -0.2) is 42.4 Å². The van der Waals surface area contributed by atoms with Gasteiger partial charge in [0, 0.05) is 23.6 Å². The summed E-state index contributed by atoms with van der Waals surface area (Å²) >= 11 is 3.52. The lowest BCUT2D eigenvalue weighted by Crippen LogP contribution is -2.55. The average molecular weight is 298 g/mol. The van der Waals surface area contributed by atoms with Crippen LogP contribution in [0.5, 0.6) is 5.75 Å². The number of methoxy groups -OCH3 is 1. The van der Waals surface area contributed by atoms with Gasteiger partial charge in [0.25, 0.3) is 0 Å². The third kappa shape index (κ3) is 1.98. The number of hydrogen-bond acceptors (Lipinski definition) is 3. The Morgan fingerprint density at radius 3 is 2.76 bits per heavy atom. The number of rotatable bonds is 2. The number of nitrogens with zero attached hydrogens (tertiary/aromatic N) is 1. The Bertz CT molecular complexity index is 443. The number of fused-ring (bicyclic) bond motifs is 1. The van der Waals surface area contributed by atoms with E-state index in [0.29, 0.717) is 6.04 Å². The number of aliphatic hydroxyl groups is 1. The molecule has 3 nitrogen and oxygen atoms in total. The minimum absolute atomic E-state index is 0.118. The quantitative estimate of drug-likeness (QED) is 0.900. The maximum absolute atomic E-state index is 9.37. The molecule has 1 fully saturated rings. The highest BCUT2D eigenvalue weighted by molar-refractivity contribution is 9.10. The van der Waals surface area contributed by atoms with Gasteiger partial charge in [0.15, 0.2) is 0 Å². The molecular weight excluding hydrogens is 282 g/mol. The second kappa shape index (κ2) is 4.26. The third-order valence-electron chi connectivity index (χ3n) is 3.79. The fourth-order valence-electron chi connectivity index (χ4n) is 2.87. The van der Waals surface area contributed by atoms with Crippen molar-refractivity contribution >= 4 is 15.9 Å². The number of aliphatic hydroxyl groups excluding tert-OH is 1. The number of hydrogen-bond donors (Lipinski definition) is 1. The van der Waals surface area contributed by atoms with E-state index in [1.54, 1.807) is 7.11 Å². The maximum atomic E-state index is 9.37. The van der Waals surface area contributed by atoms with Gasteiger partial charge in [0.05, 0.1) is 13.2 Å². The number of benzene rings is 1. The first-order valence-electron chi connectivity index (χ1n) is 5.95. The van der Waals surface area contributed by atoms with E-state index in [0.717, 1.165) is 36.2 Å². The average Bonchev–Trinajstić information content (AvgIpc) is 2.66. The van der Waals surface area contributed by atoms with Crippen LogP contribution in [0, 0.1) is 0 Å². The molecule has 0 radical (unpaired) electrons. The van der Waals surface area contributed by atoms with Gasteiger partial charge in [0.2, 0.25) is 0 Å². The Kier molecular flexibility index (Phi) is 2.89. The molecule has 1 saturated heterocycles. The molecule has 1 aliphatic heterocycles. The molecule has 0 aromatic heterocycles. The molecule has 1 heterocycles. The molecule has 2 aliphatic rings. The molecule has 0 bridgehead atoms. The lowest BCUT2D eigenvalue weighted by molar-refractivity contribution is -0.0222. The van der Waals surface area contributed by atoms with Crippen LogP contribution in [0.15, 0.2) is 16.6 Å². The molecule has 4 heteroatoms. The first-order chi connectivity index (χ1) is 8.17. The topological polar surface area (TPSA) is 32.7 Å². The van der Waals surface area contributed by atoms with Crippen LogP contribution in [0.1, 0.15) is 11.1 Å². The van der Waals surface area contributed by atoms with Crippen molar-refractivity contribution in [2.24, 2.45) is 0 Å². The highest BCUT2D eigenvalue weighted by Gasteiger charge is 2.35. The van der Waals surface area contributed by atoms with E-state index in [1.807, 2.05) is 6.07 Å². The van der Waals surface area contributed by atoms with E-state index >= 15 is 0 Å². The minimum atomic E-state index is -0.118. The summed E-state index contributed by atoms with van der Waals surface area (Å²) in [6.07, 6.45) is 1.99. The number of ether oxygens (including phenoxy) is 1. The molecule has 17 heavy (non-hydrogen) atoms. The molecule has 92 valence electrons. The van der Waals surface area contributed by atoms with Crippen molar-refractivity contribution in [3.63, 3.8) is 0 Å². The zero-order valence-corrected chi connectivity index (χ0v) is 11.4. The fraction of sp³-hybridized carbons (Fsp3) is 0.538. The van der Waals surface area contributed by atoms with Crippen LogP contribution in [-0.2, 0) is 12.8 Å². The first-order valence-corrected chi connectivity index (χ1v) is 6.74. The molecular formula is C13H16BrNO2.